The van der Waals surface area contributed by atoms with Crippen LogP contribution in [-0.4, -0.2) is 75.9 Å². The van der Waals surface area contributed by atoms with Gasteiger partial charge in [-0.1, -0.05) is 12.1 Å². The van der Waals surface area contributed by atoms with E-state index in [4.69, 9.17) is 14.2 Å². The third-order valence-corrected chi connectivity index (χ3v) is 4.04. The molecule has 0 radical (unpaired) electrons. The third kappa shape index (κ3) is 5.69. The number of benzene rings is 1. The minimum atomic E-state index is -0.0294. The van der Waals surface area contributed by atoms with Crippen molar-refractivity contribution in [2.75, 3.05) is 54.1 Å². The summed E-state index contributed by atoms with van der Waals surface area (Å²) in [6.45, 7) is 2.90. The van der Waals surface area contributed by atoms with Crippen molar-refractivity contribution in [1.82, 2.24) is 9.80 Å². The molecule has 1 aliphatic heterocycles. The molecule has 0 unspecified atom stereocenters. The minimum absolute atomic E-state index is 0.000518. The van der Waals surface area contributed by atoms with Crippen molar-refractivity contribution in [3.63, 3.8) is 0 Å². The van der Waals surface area contributed by atoms with Crippen LogP contribution in [0.5, 0.6) is 11.5 Å². The number of likely N-dealkylation sites (N-methyl/N-ethyl adjacent to an activating group) is 1. The second-order valence-corrected chi connectivity index (χ2v) is 6.22. The van der Waals surface area contributed by atoms with Gasteiger partial charge in [0.15, 0.2) is 18.1 Å². The van der Waals surface area contributed by atoms with Gasteiger partial charge in [0.25, 0.3) is 5.91 Å². The van der Waals surface area contributed by atoms with E-state index in [1.807, 2.05) is 37.2 Å². The summed E-state index contributed by atoms with van der Waals surface area (Å²) in [4.78, 5) is 16.5. The maximum Gasteiger partial charge on any atom is 0.260 e. The fourth-order valence-electron chi connectivity index (χ4n) is 2.64. The van der Waals surface area contributed by atoms with Gasteiger partial charge in [-0.2, -0.15) is 0 Å². The van der Waals surface area contributed by atoms with Crippen LogP contribution in [0.15, 0.2) is 24.3 Å². The second-order valence-electron chi connectivity index (χ2n) is 6.22. The number of para-hydroxylation sites is 2. The molecule has 0 aliphatic carbocycles. The molecule has 0 N–H and O–H groups in total. The van der Waals surface area contributed by atoms with E-state index >= 15 is 0 Å². The highest BCUT2D eigenvalue weighted by Gasteiger charge is 2.23. The molecule has 0 aromatic heterocycles. The topological polar surface area (TPSA) is 51.2 Å². The highest BCUT2D eigenvalue weighted by Crippen LogP contribution is 2.25. The number of carbonyl (C=O) groups excluding carboxylic acids is 1. The third-order valence-electron chi connectivity index (χ3n) is 4.04. The molecule has 24 heavy (non-hydrogen) atoms. The molecule has 1 saturated heterocycles. The van der Waals surface area contributed by atoms with Crippen molar-refractivity contribution < 1.29 is 19.0 Å². The molecule has 134 valence electrons. The van der Waals surface area contributed by atoms with Gasteiger partial charge in [-0.15, -0.1) is 0 Å². The summed E-state index contributed by atoms with van der Waals surface area (Å²) in [5, 5.41) is 0. The molecule has 0 spiro atoms. The number of hydrogen-bond donors (Lipinski definition) is 0. The lowest BCUT2D eigenvalue weighted by atomic mass is 10.2. The van der Waals surface area contributed by atoms with E-state index in [2.05, 4.69) is 4.90 Å². The van der Waals surface area contributed by atoms with Crippen LogP contribution in [-0.2, 0) is 9.53 Å². The highest BCUT2D eigenvalue weighted by molar-refractivity contribution is 5.78. The molecule has 1 aromatic rings. The largest absolute Gasteiger partial charge is 0.493 e. The molecular formula is C18H28N2O4. The zero-order chi connectivity index (χ0) is 17.4. The number of hydrogen-bond acceptors (Lipinski definition) is 5. The summed E-state index contributed by atoms with van der Waals surface area (Å²) in [5.74, 6) is 1.18. The molecule has 1 aromatic carbocycles. The van der Waals surface area contributed by atoms with Gasteiger partial charge in [-0.25, -0.2) is 0 Å². The summed E-state index contributed by atoms with van der Waals surface area (Å²) in [6, 6.07) is 7.35. The smallest absolute Gasteiger partial charge is 0.260 e. The van der Waals surface area contributed by atoms with Gasteiger partial charge in [0.2, 0.25) is 0 Å². The maximum absolute atomic E-state index is 12.6. The molecule has 0 saturated carbocycles. The summed E-state index contributed by atoms with van der Waals surface area (Å²) in [6.07, 6.45) is 2.22. The number of carbonyl (C=O) groups is 1. The summed E-state index contributed by atoms with van der Waals surface area (Å²) in [7, 11) is 5.59. The maximum atomic E-state index is 12.6. The fourth-order valence-corrected chi connectivity index (χ4v) is 2.64. The Balaban J connectivity index is 1.92. The molecule has 1 heterocycles. The Morgan fingerprint density at radius 2 is 2.00 bits per heavy atom. The Hall–Kier alpha value is -1.79. The van der Waals surface area contributed by atoms with Crippen molar-refractivity contribution in [3.05, 3.63) is 24.3 Å². The average molecular weight is 336 g/mol. The minimum Gasteiger partial charge on any atom is -0.493 e. The van der Waals surface area contributed by atoms with Crippen LogP contribution in [0.1, 0.15) is 12.8 Å². The van der Waals surface area contributed by atoms with Gasteiger partial charge in [0.1, 0.15) is 0 Å². The number of nitrogens with zero attached hydrogens (tertiary/aromatic N) is 2. The molecular weight excluding hydrogens is 308 g/mol. The summed E-state index contributed by atoms with van der Waals surface area (Å²) >= 11 is 0. The molecule has 1 amide bonds. The van der Waals surface area contributed by atoms with E-state index in [1.165, 1.54) is 0 Å². The molecule has 2 rings (SSSR count). The standard InChI is InChI=1S/C18H28N2O4/c1-19(2)10-11-20(13-15-7-6-12-23-15)18(21)14-24-17-9-5-4-8-16(17)22-3/h4-5,8-9,15H,6-7,10-14H2,1-3H3/t15-/m0/s1. The van der Waals surface area contributed by atoms with Gasteiger partial charge < -0.3 is 24.0 Å². The average Bonchev–Trinajstić information content (AvgIpc) is 3.09. The molecule has 6 nitrogen and oxygen atoms in total. The Morgan fingerprint density at radius 1 is 1.25 bits per heavy atom. The highest BCUT2D eigenvalue weighted by atomic mass is 16.5. The van der Waals surface area contributed by atoms with Crippen LogP contribution < -0.4 is 9.47 Å². The van der Waals surface area contributed by atoms with Gasteiger partial charge in [-0.05, 0) is 39.1 Å². The summed E-state index contributed by atoms with van der Waals surface area (Å²) < 4.78 is 16.6. The monoisotopic (exact) mass is 336 g/mol. The van der Waals surface area contributed by atoms with E-state index in [9.17, 15) is 4.79 Å². The fraction of sp³-hybridized carbons (Fsp3) is 0.611. The van der Waals surface area contributed by atoms with E-state index in [1.54, 1.807) is 13.2 Å². The van der Waals surface area contributed by atoms with E-state index in [-0.39, 0.29) is 18.6 Å². The van der Waals surface area contributed by atoms with E-state index in [0.29, 0.717) is 24.6 Å². The van der Waals surface area contributed by atoms with Crippen molar-refractivity contribution in [2.24, 2.45) is 0 Å². The molecule has 1 fully saturated rings. The van der Waals surface area contributed by atoms with Gasteiger partial charge in [0, 0.05) is 26.2 Å². The summed E-state index contributed by atoms with van der Waals surface area (Å²) in [5.41, 5.74) is 0. The lowest BCUT2D eigenvalue weighted by Gasteiger charge is -2.27. The quantitative estimate of drug-likeness (QED) is 0.686. The first-order valence-electron chi connectivity index (χ1n) is 8.40. The van der Waals surface area contributed by atoms with Gasteiger partial charge >= 0.3 is 0 Å². The first-order valence-corrected chi connectivity index (χ1v) is 8.40. The van der Waals surface area contributed by atoms with E-state index < -0.39 is 0 Å². The van der Waals surface area contributed by atoms with Crippen molar-refractivity contribution in [1.29, 1.82) is 0 Å². The van der Waals surface area contributed by atoms with Crippen molar-refractivity contribution >= 4 is 5.91 Å². The SMILES string of the molecule is COc1ccccc1OCC(=O)N(CCN(C)C)C[C@@H]1CCCO1. The van der Waals surface area contributed by atoms with Crippen LogP contribution in [0.25, 0.3) is 0 Å². The van der Waals surface area contributed by atoms with Crippen LogP contribution in [0.2, 0.25) is 0 Å². The van der Waals surface area contributed by atoms with Crippen molar-refractivity contribution in [2.45, 2.75) is 18.9 Å². The normalized spacial score (nSPS) is 17.1. The van der Waals surface area contributed by atoms with Crippen LogP contribution in [0.4, 0.5) is 0 Å². The van der Waals surface area contributed by atoms with Crippen LogP contribution >= 0.6 is 0 Å². The Kier molecular flexibility index (Phi) is 7.34. The Labute approximate surface area is 144 Å². The second kappa shape index (κ2) is 9.49. The molecule has 6 heteroatoms. The number of ether oxygens (including phenoxy) is 3. The lowest BCUT2D eigenvalue weighted by molar-refractivity contribution is -0.135. The van der Waals surface area contributed by atoms with Crippen LogP contribution in [0.3, 0.4) is 0 Å². The zero-order valence-electron chi connectivity index (χ0n) is 14.9. The van der Waals surface area contributed by atoms with Crippen molar-refractivity contribution in [3.8, 4) is 11.5 Å². The first kappa shape index (κ1) is 18.5. The molecule has 0 bridgehead atoms. The lowest BCUT2D eigenvalue weighted by Crippen LogP contribution is -2.43. The number of methoxy groups -OCH3 is 1. The van der Waals surface area contributed by atoms with Gasteiger partial charge in [0.05, 0.1) is 13.2 Å². The Bertz CT molecular complexity index is 515. The van der Waals surface area contributed by atoms with E-state index in [0.717, 1.165) is 26.0 Å². The van der Waals surface area contributed by atoms with Gasteiger partial charge in [-0.3, -0.25) is 4.79 Å². The number of rotatable bonds is 9. The predicted octanol–water partition coefficient (Wildman–Crippen LogP) is 1.64. The number of amides is 1. The zero-order valence-corrected chi connectivity index (χ0v) is 14.9. The first-order chi connectivity index (χ1) is 11.6. The Morgan fingerprint density at radius 3 is 2.62 bits per heavy atom. The predicted molar refractivity (Wildman–Crippen MR) is 92.6 cm³/mol. The van der Waals surface area contributed by atoms with Crippen LogP contribution in [0, 0.1) is 0 Å². The molecule has 1 aliphatic rings. The molecule has 1 atom stereocenters.